The molecule has 1 aliphatic heterocycles. The van der Waals surface area contributed by atoms with Crippen LogP contribution < -0.4 is 9.47 Å². The zero-order chi connectivity index (χ0) is 18.4. The van der Waals surface area contributed by atoms with Gasteiger partial charge in [0.15, 0.2) is 11.5 Å². The van der Waals surface area contributed by atoms with Crippen molar-refractivity contribution < 1.29 is 23.8 Å². The highest BCUT2D eigenvalue weighted by molar-refractivity contribution is 9.10. The zero-order valence-electron chi connectivity index (χ0n) is 14.3. The van der Waals surface area contributed by atoms with E-state index in [2.05, 4.69) is 15.9 Å². The summed E-state index contributed by atoms with van der Waals surface area (Å²) in [6.45, 7) is 5.34. The summed E-state index contributed by atoms with van der Waals surface area (Å²) in [6.07, 6.45) is 1.68. The Balaban J connectivity index is 2.31. The van der Waals surface area contributed by atoms with Crippen molar-refractivity contribution in [2.75, 3.05) is 33.5 Å². The van der Waals surface area contributed by atoms with Crippen molar-refractivity contribution in [1.82, 2.24) is 4.90 Å². The van der Waals surface area contributed by atoms with E-state index < -0.39 is 0 Å². The molecule has 1 saturated heterocycles. The van der Waals surface area contributed by atoms with E-state index in [1.54, 1.807) is 12.1 Å². The van der Waals surface area contributed by atoms with Crippen LogP contribution in [0.1, 0.15) is 19.4 Å². The van der Waals surface area contributed by atoms with Crippen molar-refractivity contribution >= 4 is 44.9 Å². The number of carbonyl (C=O) groups excluding carboxylic acids is 2. The maximum Gasteiger partial charge on any atom is 0.293 e. The maximum atomic E-state index is 12.4. The number of halogens is 1. The SMILES string of the molecule is CCOc1cc(/C=C2\SC(=O)N(CCOC)C2=O)cc(Br)c1OCC. The van der Waals surface area contributed by atoms with Crippen LogP contribution in [0.2, 0.25) is 0 Å². The largest absolute Gasteiger partial charge is 0.490 e. The summed E-state index contributed by atoms with van der Waals surface area (Å²) in [5, 5.41) is -0.289. The Morgan fingerprint density at radius 1 is 1.20 bits per heavy atom. The topological polar surface area (TPSA) is 65.1 Å². The van der Waals surface area contributed by atoms with Crippen molar-refractivity contribution in [2.24, 2.45) is 0 Å². The molecule has 1 heterocycles. The van der Waals surface area contributed by atoms with E-state index >= 15 is 0 Å². The van der Waals surface area contributed by atoms with E-state index in [0.29, 0.717) is 36.2 Å². The Hall–Kier alpha value is -1.51. The van der Waals surface area contributed by atoms with Gasteiger partial charge in [-0.15, -0.1) is 0 Å². The van der Waals surface area contributed by atoms with E-state index in [1.807, 2.05) is 19.9 Å². The lowest BCUT2D eigenvalue weighted by Crippen LogP contribution is -2.31. The predicted octanol–water partition coefficient (Wildman–Crippen LogP) is 3.93. The number of benzene rings is 1. The second-order valence-corrected chi connectivity index (χ2v) is 6.87. The van der Waals surface area contributed by atoms with Gasteiger partial charge in [0, 0.05) is 7.11 Å². The number of amides is 2. The maximum absolute atomic E-state index is 12.4. The third kappa shape index (κ3) is 4.77. The van der Waals surface area contributed by atoms with E-state index in [9.17, 15) is 9.59 Å². The Bertz CT molecular complexity index is 692. The fourth-order valence-electron chi connectivity index (χ4n) is 2.25. The molecule has 0 unspecified atom stereocenters. The molecular formula is C17H20BrNO5S. The zero-order valence-corrected chi connectivity index (χ0v) is 16.7. The summed E-state index contributed by atoms with van der Waals surface area (Å²) < 4.78 is 16.9. The normalized spacial score (nSPS) is 16.0. The van der Waals surface area contributed by atoms with Crippen molar-refractivity contribution in [3.8, 4) is 11.5 Å². The lowest BCUT2D eigenvalue weighted by molar-refractivity contribution is -0.123. The minimum absolute atomic E-state index is 0.246. The third-order valence-corrected chi connectivity index (χ3v) is 4.81. The smallest absolute Gasteiger partial charge is 0.293 e. The highest BCUT2D eigenvalue weighted by Gasteiger charge is 2.34. The Kier molecular flexibility index (Phi) is 7.34. The first kappa shape index (κ1) is 19.8. The summed E-state index contributed by atoms with van der Waals surface area (Å²) in [5.41, 5.74) is 0.746. The minimum Gasteiger partial charge on any atom is -0.490 e. The molecule has 2 amide bonds. The molecule has 1 aromatic rings. The van der Waals surface area contributed by atoms with Gasteiger partial charge in [0.2, 0.25) is 0 Å². The molecule has 2 rings (SSSR count). The molecule has 1 aliphatic rings. The van der Waals surface area contributed by atoms with Crippen LogP contribution in [0.4, 0.5) is 4.79 Å². The quantitative estimate of drug-likeness (QED) is 0.583. The van der Waals surface area contributed by atoms with Crippen LogP contribution in [-0.4, -0.2) is 49.5 Å². The van der Waals surface area contributed by atoms with Crippen LogP contribution >= 0.6 is 27.7 Å². The number of hydrogen-bond donors (Lipinski definition) is 0. The predicted molar refractivity (Wildman–Crippen MR) is 101 cm³/mol. The van der Waals surface area contributed by atoms with Crippen LogP contribution in [0, 0.1) is 0 Å². The highest BCUT2D eigenvalue weighted by Crippen LogP contribution is 2.39. The van der Waals surface area contributed by atoms with Crippen molar-refractivity contribution in [1.29, 1.82) is 0 Å². The summed E-state index contributed by atoms with van der Waals surface area (Å²) in [4.78, 5) is 25.9. The number of methoxy groups -OCH3 is 1. The van der Waals surface area contributed by atoms with E-state index in [-0.39, 0.29) is 17.7 Å². The minimum atomic E-state index is -0.310. The van der Waals surface area contributed by atoms with Gasteiger partial charge < -0.3 is 14.2 Å². The lowest BCUT2D eigenvalue weighted by Gasteiger charge is -2.13. The monoisotopic (exact) mass is 429 g/mol. The van der Waals surface area contributed by atoms with Crippen LogP contribution in [0.5, 0.6) is 11.5 Å². The van der Waals surface area contributed by atoms with Crippen molar-refractivity contribution in [2.45, 2.75) is 13.8 Å². The van der Waals surface area contributed by atoms with E-state index in [0.717, 1.165) is 21.8 Å². The number of carbonyl (C=O) groups is 2. The first-order chi connectivity index (χ1) is 12.0. The molecule has 0 radical (unpaired) electrons. The van der Waals surface area contributed by atoms with E-state index in [1.165, 1.54) is 12.0 Å². The molecule has 0 N–H and O–H groups in total. The average molecular weight is 430 g/mol. The number of rotatable bonds is 8. The number of ether oxygens (including phenoxy) is 3. The molecule has 0 aliphatic carbocycles. The number of imide groups is 1. The van der Waals surface area contributed by atoms with Crippen LogP contribution in [0.15, 0.2) is 21.5 Å². The van der Waals surface area contributed by atoms with E-state index in [4.69, 9.17) is 14.2 Å². The van der Waals surface area contributed by atoms with Crippen molar-refractivity contribution in [3.63, 3.8) is 0 Å². The van der Waals surface area contributed by atoms with Crippen molar-refractivity contribution in [3.05, 3.63) is 27.1 Å². The van der Waals surface area contributed by atoms with Gasteiger partial charge in [0.1, 0.15) is 0 Å². The molecule has 1 fully saturated rings. The molecule has 136 valence electrons. The standard InChI is InChI=1S/C17H20BrNO5S/c1-4-23-13-9-11(8-12(18)15(13)24-5-2)10-14-16(20)19(6-7-22-3)17(21)25-14/h8-10H,4-7H2,1-3H3/b14-10-. The molecule has 0 saturated carbocycles. The summed E-state index contributed by atoms with van der Waals surface area (Å²) in [5.74, 6) is 0.897. The Morgan fingerprint density at radius 3 is 2.56 bits per heavy atom. The van der Waals surface area contributed by atoms with Crippen LogP contribution in [-0.2, 0) is 9.53 Å². The molecular weight excluding hydrogens is 410 g/mol. The molecule has 6 nitrogen and oxygen atoms in total. The highest BCUT2D eigenvalue weighted by atomic mass is 79.9. The fraction of sp³-hybridized carbons (Fsp3) is 0.412. The number of thioether (sulfide) groups is 1. The Labute approximate surface area is 159 Å². The van der Waals surface area contributed by atoms with Gasteiger partial charge in [-0.2, -0.15) is 0 Å². The van der Waals surface area contributed by atoms with Gasteiger partial charge in [0.25, 0.3) is 11.1 Å². The van der Waals surface area contributed by atoms with Gasteiger partial charge in [-0.25, -0.2) is 0 Å². The number of hydrogen-bond acceptors (Lipinski definition) is 6. The first-order valence-electron chi connectivity index (χ1n) is 7.85. The summed E-state index contributed by atoms with van der Waals surface area (Å²) >= 11 is 4.39. The molecule has 25 heavy (non-hydrogen) atoms. The Morgan fingerprint density at radius 2 is 1.92 bits per heavy atom. The molecule has 1 aromatic carbocycles. The van der Waals surface area contributed by atoms with Crippen LogP contribution in [0.3, 0.4) is 0 Å². The van der Waals surface area contributed by atoms with Crippen LogP contribution in [0.25, 0.3) is 6.08 Å². The summed E-state index contributed by atoms with van der Waals surface area (Å²) in [6, 6.07) is 3.62. The van der Waals surface area contributed by atoms with Gasteiger partial charge in [-0.3, -0.25) is 14.5 Å². The summed E-state index contributed by atoms with van der Waals surface area (Å²) in [7, 11) is 1.53. The third-order valence-electron chi connectivity index (χ3n) is 3.31. The lowest BCUT2D eigenvalue weighted by atomic mass is 10.2. The molecule has 0 spiro atoms. The van der Waals surface area contributed by atoms with Gasteiger partial charge in [-0.05, 0) is 65.3 Å². The number of nitrogens with zero attached hydrogens (tertiary/aromatic N) is 1. The van der Waals surface area contributed by atoms with Gasteiger partial charge >= 0.3 is 0 Å². The molecule has 0 bridgehead atoms. The average Bonchev–Trinajstić information content (AvgIpc) is 2.83. The fourth-order valence-corrected chi connectivity index (χ4v) is 3.68. The molecule has 8 heteroatoms. The molecule has 0 aromatic heterocycles. The second kappa shape index (κ2) is 9.26. The molecule has 0 atom stereocenters. The second-order valence-electron chi connectivity index (χ2n) is 5.02. The van der Waals surface area contributed by atoms with Gasteiger partial charge in [-0.1, -0.05) is 0 Å². The van der Waals surface area contributed by atoms with Gasteiger partial charge in [0.05, 0.1) is 35.7 Å². The first-order valence-corrected chi connectivity index (χ1v) is 9.46.